The molecule has 1 heterocycles. The lowest BCUT2D eigenvalue weighted by atomic mass is 9.97. The van der Waals surface area contributed by atoms with Crippen LogP contribution in [0.4, 0.5) is 0 Å². The van der Waals surface area contributed by atoms with Crippen molar-refractivity contribution in [3.05, 3.63) is 34.4 Å². The normalized spacial score (nSPS) is 16.4. The lowest BCUT2D eigenvalue weighted by molar-refractivity contribution is -0.150. The fraction of sp³-hybridized carbons (Fsp3) is 0.412. The van der Waals surface area contributed by atoms with Crippen molar-refractivity contribution in [2.75, 3.05) is 6.61 Å². The van der Waals surface area contributed by atoms with Crippen LogP contribution in [-0.2, 0) is 9.53 Å². The molecule has 1 fully saturated rings. The number of ether oxygens (including phenoxy) is 1. The summed E-state index contributed by atoms with van der Waals surface area (Å²) in [6, 6.07) is 7.67. The summed E-state index contributed by atoms with van der Waals surface area (Å²) in [7, 11) is 0. The minimum atomic E-state index is -0.899. The summed E-state index contributed by atoms with van der Waals surface area (Å²) >= 11 is 3.48. The molecule has 5 nitrogen and oxygen atoms in total. The third-order valence-corrected chi connectivity index (χ3v) is 5.17. The van der Waals surface area contributed by atoms with E-state index in [1.807, 2.05) is 24.3 Å². The van der Waals surface area contributed by atoms with Gasteiger partial charge in [0.1, 0.15) is 11.2 Å². The fourth-order valence-electron chi connectivity index (χ4n) is 3.17. The predicted octanol–water partition coefficient (Wildman–Crippen LogP) is 3.54. The first-order valence-electron chi connectivity index (χ1n) is 7.83. The average Bonchev–Trinajstić information content (AvgIpc) is 3.14. The van der Waals surface area contributed by atoms with Crippen LogP contribution in [0.5, 0.6) is 0 Å². The van der Waals surface area contributed by atoms with E-state index in [0.29, 0.717) is 29.6 Å². The molecular weight excluding hydrogens is 360 g/mol. The van der Waals surface area contributed by atoms with Crippen molar-refractivity contribution in [2.45, 2.75) is 38.1 Å². The Bertz CT molecular complexity index is 747. The number of benzene rings is 1. The number of carbonyl (C=O) groups is 2. The van der Waals surface area contributed by atoms with Gasteiger partial charge in [-0.3, -0.25) is 4.79 Å². The lowest BCUT2D eigenvalue weighted by Gasteiger charge is -2.27. The molecule has 0 bridgehead atoms. The summed E-state index contributed by atoms with van der Waals surface area (Å²) in [5.41, 5.74) is 0.409. The molecule has 1 amide bonds. The number of aromatic nitrogens is 1. The fourth-order valence-corrected chi connectivity index (χ4v) is 3.80. The van der Waals surface area contributed by atoms with Crippen LogP contribution in [0.25, 0.3) is 10.9 Å². The number of hydrogen-bond donors (Lipinski definition) is 2. The molecule has 2 aromatic rings. The number of esters is 1. The number of H-pyrrole nitrogens is 1. The van der Waals surface area contributed by atoms with E-state index in [-0.39, 0.29) is 11.9 Å². The molecule has 0 unspecified atom stereocenters. The van der Waals surface area contributed by atoms with E-state index in [0.717, 1.165) is 23.7 Å². The van der Waals surface area contributed by atoms with Crippen molar-refractivity contribution in [1.29, 1.82) is 0 Å². The maximum absolute atomic E-state index is 12.7. The maximum atomic E-state index is 12.7. The van der Waals surface area contributed by atoms with Crippen molar-refractivity contribution in [3.8, 4) is 0 Å². The minimum absolute atomic E-state index is 0.289. The van der Waals surface area contributed by atoms with E-state index < -0.39 is 5.54 Å². The SMILES string of the molecule is CCOC(=O)C1(NC(=O)c2[nH]c3ccccc3c2Br)CCCC1. The molecular formula is C17H19BrN2O3. The van der Waals surface area contributed by atoms with Gasteiger partial charge in [-0.2, -0.15) is 0 Å². The van der Waals surface area contributed by atoms with E-state index >= 15 is 0 Å². The molecule has 1 aromatic carbocycles. The summed E-state index contributed by atoms with van der Waals surface area (Å²) in [6.45, 7) is 2.09. The van der Waals surface area contributed by atoms with Gasteiger partial charge in [0.15, 0.2) is 0 Å². The van der Waals surface area contributed by atoms with Crippen molar-refractivity contribution < 1.29 is 14.3 Å². The number of halogens is 1. The summed E-state index contributed by atoms with van der Waals surface area (Å²) < 4.78 is 5.89. The summed E-state index contributed by atoms with van der Waals surface area (Å²) in [4.78, 5) is 28.2. The van der Waals surface area contributed by atoms with Crippen LogP contribution in [0.2, 0.25) is 0 Å². The molecule has 1 aliphatic carbocycles. The van der Waals surface area contributed by atoms with Crippen LogP contribution in [0.1, 0.15) is 43.1 Å². The third kappa shape index (κ3) is 2.87. The monoisotopic (exact) mass is 378 g/mol. The van der Waals surface area contributed by atoms with Crippen LogP contribution in [0, 0.1) is 0 Å². The van der Waals surface area contributed by atoms with E-state index in [1.54, 1.807) is 6.92 Å². The number of amides is 1. The molecule has 0 radical (unpaired) electrons. The Labute approximate surface area is 142 Å². The first-order valence-corrected chi connectivity index (χ1v) is 8.62. The Morgan fingerprint density at radius 2 is 2.00 bits per heavy atom. The number of para-hydroxylation sites is 1. The van der Waals surface area contributed by atoms with Gasteiger partial charge >= 0.3 is 5.97 Å². The van der Waals surface area contributed by atoms with Crippen molar-refractivity contribution in [2.24, 2.45) is 0 Å². The van der Waals surface area contributed by atoms with Gasteiger partial charge in [0, 0.05) is 10.9 Å². The van der Waals surface area contributed by atoms with Gasteiger partial charge in [0.25, 0.3) is 5.91 Å². The van der Waals surface area contributed by atoms with Crippen molar-refractivity contribution >= 4 is 38.7 Å². The highest BCUT2D eigenvalue weighted by molar-refractivity contribution is 9.10. The first-order chi connectivity index (χ1) is 11.1. The van der Waals surface area contributed by atoms with Gasteiger partial charge in [0.2, 0.25) is 0 Å². The second kappa shape index (κ2) is 6.35. The van der Waals surface area contributed by atoms with Gasteiger partial charge in [-0.25, -0.2) is 4.79 Å². The highest BCUT2D eigenvalue weighted by Crippen LogP contribution is 2.33. The number of aromatic amines is 1. The van der Waals surface area contributed by atoms with Gasteiger partial charge in [-0.05, 0) is 41.8 Å². The average molecular weight is 379 g/mol. The predicted molar refractivity (Wildman–Crippen MR) is 91.3 cm³/mol. The zero-order valence-electron chi connectivity index (χ0n) is 12.9. The molecule has 23 heavy (non-hydrogen) atoms. The van der Waals surface area contributed by atoms with Crippen molar-refractivity contribution in [3.63, 3.8) is 0 Å². The van der Waals surface area contributed by atoms with Crippen molar-refractivity contribution in [1.82, 2.24) is 10.3 Å². The summed E-state index contributed by atoms with van der Waals surface area (Å²) in [5, 5.41) is 3.86. The molecule has 2 N–H and O–H groups in total. The molecule has 1 aliphatic rings. The lowest BCUT2D eigenvalue weighted by Crippen LogP contribution is -2.53. The largest absolute Gasteiger partial charge is 0.464 e. The molecule has 1 saturated carbocycles. The minimum Gasteiger partial charge on any atom is -0.464 e. The zero-order valence-corrected chi connectivity index (χ0v) is 14.5. The molecule has 0 saturated heterocycles. The number of fused-ring (bicyclic) bond motifs is 1. The molecule has 6 heteroatoms. The highest BCUT2D eigenvalue weighted by atomic mass is 79.9. The molecule has 3 rings (SSSR count). The topological polar surface area (TPSA) is 71.2 Å². The van der Waals surface area contributed by atoms with Gasteiger partial charge in [-0.1, -0.05) is 31.0 Å². The van der Waals surface area contributed by atoms with Gasteiger partial charge in [-0.15, -0.1) is 0 Å². The first kappa shape index (κ1) is 16.1. The molecule has 0 aliphatic heterocycles. The van der Waals surface area contributed by atoms with Gasteiger partial charge in [0.05, 0.1) is 11.1 Å². The Hall–Kier alpha value is -1.82. The quantitative estimate of drug-likeness (QED) is 0.799. The van der Waals surface area contributed by atoms with E-state index in [2.05, 4.69) is 26.2 Å². The van der Waals surface area contributed by atoms with Crippen LogP contribution in [-0.4, -0.2) is 29.0 Å². The second-order valence-electron chi connectivity index (χ2n) is 5.82. The van der Waals surface area contributed by atoms with Crippen LogP contribution >= 0.6 is 15.9 Å². The Morgan fingerprint density at radius 1 is 1.30 bits per heavy atom. The number of nitrogens with one attached hydrogen (secondary N) is 2. The maximum Gasteiger partial charge on any atom is 0.331 e. The Kier molecular flexibility index (Phi) is 4.43. The van der Waals surface area contributed by atoms with Crippen LogP contribution < -0.4 is 5.32 Å². The second-order valence-corrected chi connectivity index (χ2v) is 6.62. The molecule has 1 aromatic heterocycles. The van der Waals surface area contributed by atoms with E-state index in [4.69, 9.17) is 4.74 Å². The smallest absolute Gasteiger partial charge is 0.331 e. The highest BCUT2D eigenvalue weighted by Gasteiger charge is 2.44. The third-order valence-electron chi connectivity index (χ3n) is 4.35. The van der Waals surface area contributed by atoms with Crippen LogP contribution in [0.15, 0.2) is 28.7 Å². The van der Waals surface area contributed by atoms with Gasteiger partial charge < -0.3 is 15.0 Å². The summed E-state index contributed by atoms with van der Waals surface area (Å²) in [6.07, 6.45) is 3.06. The molecule has 0 atom stereocenters. The number of hydrogen-bond acceptors (Lipinski definition) is 3. The Morgan fingerprint density at radius 3 is 2.65 bits per heavy atom. The Balaban J connectivity index is 1.89. The van der Waals surface area contributed by atoms with Crippen LogP contribution in [0.3, 0.4) is 0 Å². The van der Waals surface area contributed by atoms with E-state index in [9.17, 15) is 9.59 Å². The number of carbonyl (C=O) groups excluding carboxylic acids is 2. The van der Waals surface area contributed by atoms with E-state index in [1.165, 1.54) is 0 Å². The summed E-state index contributed by atoms with van der Waals surface area (Å²) in [5.74, 6) is -0.624. The standard InChI is InChI=1S/C17H19BrN2O3/c1-2-23-16(22)17(9-5-6-10-17)20-15(21)14-13(18)11-7-3-4-8-12(11)19-14/h3-4,7-8,19H,2,5-6,9-10H2,1H3,(H,20,21). The molecule has 122 valence electrons. The molecule has 0 spiro atoms. The zero-order chi connectivity index (χ0) is 16.4. The number of rotatable bonds is 4.